The van der Waals surface area contributed by atoms with E-state index in [0.717, 1.165) is 18.4 Å². The Morgan fingerprint density at radius 3 is 2.33 bits per heavy atom. The third-order valence-electron chi connectivity index (χ3n) is 7.24. The van der Waals surface area contributed by atoms with Gasteiger partial charge in [0.15, 0.2) is 0 Å². The number of likely N-dealkylation sites (tertiary alicyclic amines) is 1. The van der Waals surface area contributed by atoms with Crippen molar-refractivity contribution in [1.29, 1.82) is 5.26 Å². The zero-order valence-electron chi connectivity index (χ0n) is 22.4. The second kappa shape index (κ2) is 13.6. The van der Waals surface area contributed by atoms with Crippen LogP contribution in [0.5, 0.6) is 0 Å². The third-order valence-corrected chi connectivity index (χ3v) is 7.24. The van der Waals surface area contributed by atoms with Crippen LogP contribution < -0.4 is 16.0 Å². The van der Waals surface area contributed by atoms with Crippen LogP contribution in [0.1, 0.15) is 52.2 Å². The summed E-state index contributed by atoms with van der Waals surface area (Å²) in [5.41, 5.74) is 3.84. The molecule has 4 rings (SSSR count). The van der Waals surface area contributed by atoms with E-state index in [9.17, 15) is 14.4 Å². The van der Waals surface area contributed by atoms with Crippen molar-refractivity contribution in [3.05, 3.63) is 64.7 Å². The highest BCUT2D eigenvalue weighted by Crippen LogP contribution is 2.29. The number of aryl methyl sites for hydroxylation is 1. The fraction of sp³-hybridized carbons (Fsp3) is 0.448. The number of piperidine rings is 1. The molecule has 39 heavy (non-hydrogen) atoms. The Balaban J connectivity index is 1.21. The lowest BCUT2D eigenvalue weighted by Gasteiger charge is -2.32. The molecule has 10 heteroatoms. The molecule has 2 aromatic carbocycles. The normalized spacial score (nSPS) is 15.8. The summed E-state index contributed by atoms with van der Waals surface area (Å²) in [7, 11) is 0. The number of carbonyl (C=O) groups is 3. The molecule has 2 aliphatic heterocycles. The summed E-state index contributed by atoms with van der Waals surface area (Å²) in [6.07, 6.45) is 2.33. The van der Waals surface area contributed by atoms with Gasteiger partial charge in [0.2, 0.25) is 0 Å². The number of hydrogen-bond acceptors (Lipinski definition) is 5. The molecule has 2 aliphatic rings. The van der Waals surface area contributed by atoms with E-state index in [1.165, 1.54) is 5.56 Å². The minimum Gasteiger partial charge on any atom is -0.378 e. The van der Waals surface area contributed by atoms with Crippen molar-refractivity contribution < 1.29 is 19.1 Å². The summed E-state index contributed by atoms with van der Waals surface area (Å²) >= 11 is 0. The molecule has 3 N–H and O–H groups in total. The Kier molecular flexibility index (Phi) is 9.75. The first-order valence-corrected chi connectivity index (χ1v) is 13.5. The number of anilines is 1. The quantitative estimate of drug-likeness (QED) is 0.471. The number of benzene rings is 2. The number of urea groups is 2. The summed E-state index contributed by atoms with van der Waals surface area (Å²) in [5, 5.41) is 17.5. The molecule has 0 bridgehead atoms. The molecule has 0 radical (unpaired) electrons. The monoisotopic (exact) mass is 532 g/mol. The molecule has 10 nitrogen and oxygen atoms in total. The summed E-state index contributed by atoms with van der Waals surface area (Å²) in [6.45, 7) is 6.34. The van der Waals surface area contributed by atoms with Gasteiger partial charge in [0.1, 0.15) is 0 Å². The van der Waals surface area contributed by atoms with E-state index in [2.05, 4.69) is 22.0 Å². The number of rotatable bonds is 7. The Bertz CT molecular complexity index is 1200. The van der Waals surface area contributed by atoms with E-state index < -0.39 is 0 Å². The van der Waals surface area contributed by atoms with Gasteiger partial charge < -0.3 is 30.5 Å². The second-order valence-corrected chi connectivity index (χ2v) is 9.90. The lowest BCUT2D eigenvalue weighted by atomic mass is 9.89. The molecule has 2 aromatic rings. The van der Waals surface area contributed by atoms with Crippen LogP contribution in [-0.4, -0.2) is 80.3 Å². The van der Waals surface area contributed by atoms with Gasteiger partial charge in [-0.05, 0) is 67.5 Å². The molecule has 0 saturated carbocycles. The average Bonchev–Trinajstić information content (AvgIpc) is 2.98. The summed E-state index contributed by atoms with van der Waals surface area (Å²) in [4.78, 5) is 41.3. The second-order valence-electron chi connectivity index (χ2n) is 9.90. The highest BCUT2D eigenvalue weighted by molar-refractivity contribution is 5.97. The first-order valence-electron chi connectivity index (χ1n) is 13.5. The van der Waals surface area contributed by atoms with Gasteiger partial charge in [0.25, 0.3) is 5.91 Å². The fourth-order valence-corrected chi connectivity index (χ4v) is 4.85. The van der Waals surface area contributed by atoms with E-state index in [1.54, 1.807) is 17.0 Å². The molecule has 2 saturated heterocycles. The first kappa shape index (κ1) is 27.9. The number of hydrogen-bond donors (Lipinski definition) is 3. The number of carbonyl (C=O) groups excluding carboxylic acids is 3. The van der Waals surface area contributed by atoms with Crippen LogP contribution >= 0.6 is 0 Å². The van der Waals surface area contributed by atoms with E-state index in [4.69, 9.17) is 10.00 Å². The van der Waals surface area contributed by atoms with Gasteiger partial charge in [0, 0.05) is 50.5 Å². The van der Waals surface area contributed by atoms with Crippen molar-refractivity contribution in [2.24, 2.45) is 0 Å². The van der Waals surface area contributed by atoms with Gasteiger partial charge in [-0.15, -0.1) is 0 Å². The lowest BCUT2D eigenvalue weighted by Crippen LogP contribution is -2.46. The smallest absolute Gasteiger partial charge is 0.319 e. The summed E-state index contributed by atoms with van der Waals surface area (Å²) in [5.74, 6) is 0.321. The maximum absolute atomic E-state index is 13.2. The molecule has 206 valence electrons. The van der Waals surface area contributed by atoms with E-state index in [-0.39, 0.29) is 18.0 Å². The molecule has 2 fully saturated rings. The molecular formula is C29H36N6O4. The molecular weight excluding hydrogens is 496 g/mol. The van der Waals surface area contributed by atoms with Crippen LogP contribution in [0.25, 0.3) is 0 Å². The third kappa shape index (κ3) is 7.71. The van der Waals surface area contributed by atoms with E-state index in [1.807, 2.05) is 42.2 Å². The number of amides is 5. The number of morpholine rings is 1. The average molecular weight is 533 g/mol. The molecule has 0 spiro atoms. The topological polar surface area (TPSA) is 127 Å². The zero-order chi connectivity index (χ0) is 27.6. The molecule has 5 amide bonds. The standard InChI is InChI=1S/C29H36N6O4/c1-21-3-6-25(27(36)34-13-9-24(10-14-34)23-7-4-22(20-30)5-8-23)19-26(21)33-28(37)31-11-2-12-32-29(38)35-15-17-39-18-16-35/h3-8,19,24H,2,9-18H2,1H3,(H,32,38)(H2,31,33,37). The summed E-state index contributed by atoms with van der Waals surface area (Å²) < 4.78 is 5.25. The molecule has 0 atom stereocenters. The van der Waals surface area contributed by atoms with Crippen LogP contribution in [-0.2, 0) is 4.74 Å². The predicted molar refractivity (Wildman–Crippen MR) is 148 cm³/mol. The Morgan fingerprint density at radius 1 is 0.949 bits per heavy atom. The Hall–Kier alpha value is -4.10. The van der Waals surface area contributed by atoms with Gasteiger partial charge in [-0.1, -0.05) is 18.2 Å². The highest BCUT2D eigenvalue weighted by Gasteiger charge is 2.25. The van der Waals surface area contributed by atoms with Crippen molar-refractivity contribution in [3.8, 4) is 6.07 Å². The largest absolute Gasteiger partial charge is 0.378 e. The molecule has 0 aromatic heterocycles. The molecule has 2 heterocycles. The van der Waals surface area contributed by atoms with Crippen molar-refractivity contribution in [3.63, 3.8) is 0 Å². The Labute approximate surface area is 229 Å². The summed E-state index contributed by atoms with van der Waals surface area (Å²) in [6, 6.07) is 14.7. The van der Waals surface area contributed by atoms with Gasteiger partial charge in [-0.25, -0.2) is 9.59 Å². The SMILES string of the molecule is Cc1ccc(C(=O)N2CCC(c3ccc(C#N)cc3)CC2)cc1NC(=O)NCCCNC(=O)N1CCOCC1. The van der Waals surface area contributed by atoms with Crippen molar-refractivity contribution in [2.75, 3.05) is 57.8 Å². The maximum Gasteiger partial charge on any atom is 0.319 e. The number of nitrogens with one attached hydrogen (secondary N) is 3. The Morgan fingerprint density at radius 2 is 1.64 bits per heavy atom. The minimum absolute atomic E-state index is 0.0484. The van der Waals surface area contributed by atoms with Crippen LogP contribution in [0.15, 0.2) is 42.5 Å². The molecule has 0 unspecified atom stereocenters. The van der Waals surface area contributed by atoms with Crippen LogP contribution in [0.3, 0.4) is 0 Å². The lowest BCUT2D eigenvalue weighted by molar-refractivity contribution is 0.0532. The van der Waals surface area contributed by atoms with Crippen molar-refractivity contribution in [2.45, 2.75) is 32.1 Å². The number of nitrogens with zero attached hydrogens (tertiary/aromatic N) is 3. The van der Waals surface area contributed by atoms with Gasteiger partial charge in [-0.2, -0.15) is 5.26 Å². The van der Waals surface area contributed by atoms with Gasteiger partial charge in [-0.3, -0.25) is 4.79 Å². The molecule has 0 aliphatic carbocycles. The highest BCUT2D eigenvalue weighted by atomic mass is 16.5. The van der Waals surface area contributed by atoms with Gasteiger partial charge >= 0.3 is 12.1 Å². The van der Waals surface area contributed by atoms with E-state index >= 15 is 0 Å². The van der Waals surface area contributed by atoms with E-state index in [0.29, 0.717) is 81.6 Å². The van der Waals surface area contributed by atoms with Crippen LogP contribution in [0.2, 0.25) is 0 Å². The van der Waals surface area contributed by atoms with Gasteiger partial charge in [0.05, 0.1) is 24.8 Å². The van der Waals surface area contributed by atoms with Crippen LogP contribution in [0, 0.1) is 18.3 Å². The fourth-order valence-electron chi connectivity index (χ4n) is 4.85. The number of ether oxygens (including phenoxy) is 1. The van der Waals surface area contributed by atoms with Crippen molar-refractivity contribution >= 4 is 23.7 Å². The minimum atomic E-state index is -0.356. The first-order chi connectivity index (χ1) is 18.9. The zero-order valence-corrected chi connectivity index (χ0v) is 22.4. The van der Waals surface area contributed by atoms with Crippen molar-refractivity contribution in [1.82, 2.24) is 20.4 Å². The predicted octanol–water partition coefficient (Wildman–Crippen LogP) is 3.44. The van der Waals surface area contributed by atoms with Crippen LogP contribution in [0.4, 0.5) is 15.3 Å². The maximum atomic E-state index is 13.2. The number of nitriles is 1.